The Hall–Kier alpha value is -2.34. The second-order valence-electron chi connectivity index (χ2n) is 4.79. The molecule has 2 rings (SSSR count). The molecule has 0 atom stereocenters. The smallest absolute Gasteiger partial charge is 0.256 e. The van der Waals surface area contributed by atoms with E-state index in [9.17, 15) is 9.59 Å². The van der Waals surface area contributed by atoms with E-state index in [1.165, 1.54) is 4.68 Å². The van der Waals surface area contributed by atoms with Crippen molar-refractivity contribution in [3.63, 3.8) is 0 Å². The highest BCUT2D eigenvalue weighted by Crippen LogP contribution is 2.12. The zero-order chi connectivity index (χ0) is 16.1. The van der Waals surface area contributed by atoms with Crippen LogP contribution in [-0.2, 0) is 13.5 Å². The van der Waals surface area contributed by atoms with Crippen molar-refractivity contribution in [2.24, 2.45) is 7.05 Å². The average molecular weight is 321 g/mol. The van der Waals surface area contributed by atoms with Crippen molar-refractivity contribution in [1.29, 1.82) is 0 Å². The zero-order valence-corrected chi connectivity index (χ0v) is 13.1. The van der Waals surface area contributed by atoms with Gasteiger partial charge in [-0.3, -0.25) is 14.3 Å². The summed E-state index contributed by atoms with van der Waals surface area (Å²) in [4.78, 5) is 23.5. The first-order valence-corrected chi connectivity index (χ1v) is 7.17. The predicted molar refractivity (Wildman–Crippen MR) is 84.1 cm³/mol. The Bertz CT molecular complexity index is 697. The largest absolute Gasteiger partial charge is 0.355 e. The second-order valence-corrected chi connectivity index (χ2v) is 5.15. The number of hydrogen-bond donors (Lipinski definition) is 2. The summed E-state index contributed by atoms with van der Waals surface area (Å²) in [7, 11) is 3.29. The summed E-state index contributed by atoms with van der Waals surface area (Å²) < 4.78 is 1.49. The summed E-state index contributed by atoms with van der Waals surface area (Å²) in [5.41, 5.74) is 1.92. The molecule has 0 aliphatic heterocycles. The molecule has 1 aromatic carbocycles. The van der Waals surface area contributed by atoms with E-state index in [1.54, 1.807) is 26.4 Å². The third-order valence-corrected chi connectivity index (χ3v) is 3.42. The number of hydrogen-bond acceptors (Lipinski definition) is 3. The molecule has 0 bridgehead atoms. The summed E-state index contributed by atoms with van der Waals surface area (Å²) in [5, 5.41) is 9.46. The molecule has 0 saturated carbocycles. The van der Waals surface area contributed by atoms with Crippen LogP contribution < -0.4 is 10.6 Å². The minimum absolute atomic E-state index is 0.131. The predicted octanol–water partition coefficient (Wildman–Crippen LogP) is 1.41. The second kappa shape index (κ2) is 7.09. The Labute approximate surface area is 133 Å². The lowest BCUT2D eigenvalue weighted by Gasteiger charge is -2.06. The fourth-order valence-corrected chi connectivity index (χ4v) is 2.30. The van der Waals surface area contributed by atoms with Crippen LogP contribution in [0.2, 0.25) is 5.15 Å². The van der Waals surface area contributed by atoms with Crippen LogP contribution in [0.15, 0.2) is 30.5 Å². The molecule has 0 unspecified atom stereocenters. The Kier molecular flexibility index (Phi) is 5.16. The molecule has 7 heteroatoms. The van der Waals surface area contributed by atoms with E-state index in [4.69, 9.17) is 11.6 Å². The third-order valence-electron chi connectivity index (χ3n) is 3.14. The number of amides is 2. The highest BCUT2D eigenvalue weighted by Gasteiger charge is 2.13. The molecule has 116 valence electrons. The molecule has 0 saturated heterocycles. The highest BCUT2D eigenvalue weighted by atomic mass is 35.5. The highest BCUT2D eigenvalue weighted by molar-refractivity contribution is 6.32. The molecule has 0 aliphatic carbocycles. The van der Waals surface area contributed by atoms with Gasteiger partial charge in [0.1, 0.15) is 0 Å². The van der Waals surface area contributed by atoms with Crippen molar-refractivity contribution >= 4 is 23.4 Å². The Balaban J connectivity index is 1.92. The van der Waals surface area contributed by atoms with E-state index in [2.05, 4.69) is 15.7 Å². The summed E-state index contributed by atoms with van der Waals surface area (Å²) in [6.45, 7) is 0.446. The first-order valence-electron chi connectivity index (χ1n) is 6.79. The van der Waals surface area contributed by atoms with E-state index in [0.717, 1.165) is 5.56 Å². The van der Waals surface area contributed by atoms with Gasteiger partial charge in [-0.1, -0.05) is 23.7 Å². The van der Waals surface area contributed by atoms with Gasteiger partial charge in [0.2, 0.25) is 0 Å². The SMILES string of the molecule is CNC(=O)c1cccc(CCNC(=O)c2cn(C)nc2Cl)c1. The number of halogens is 1. The van der Waals surface area contributed by atoms with E-state index in [0.29, 0.717) is 24.1 Å². The lowest BCUT2D eigenvalue weighted by Crippen LogP contribution is -2.25. The summed E-state index contributed by atoms with van der Waals surface area (Å²) >= 11 is 5.87. The van der Waals surface area contributed by atoms with Gasteiger partial charge in [-0.25, -0.2) is 0 Å². The lowest BCUT2D eigenvalue weighted by atomic mass is 10.1. The molecule has 2 amide bonds. The van der Waals surface area contributed by atoms with Crippen LogP contribution in [0.5, 0.6) is 0 Å². The Morgan fingerprint density at radius 3 is 2.73 bits per heavy atom. The van der Waals surface area contributed by atoms with Crippen molar-refractivity contribution < 1.29 is 9.59 Å². The van der Waals surface area contributed by atoms with E-state index in [-0.39, 0.29) is 17.0 Å². The average Bonchev–Trinajstić information content (AvgIpc) is 2.85. The first-order chi connectivity index (χ1) is 10.5. The molecular formula is C15H17ClN4O2. The molecule has 2 N–H and O–H groups in total. The van der Waals surface area contributed by atoms with E-state index < -0.39 is 0 Å². The van der Waals surface area contributed by atoms with Gasteiger partial charge < -0.3 is 10.6 Å². The molecule has 1 aromatic heterocycles. The van der Waals surface area contributed by atoms with Crippen LogP contribution in [0.3, 0.4) is 0 Å². The van der Waals surface area contributed by atoms with Crippen molar-refractivity contribution in [2.75, 3.05) is 13.6 Å². The van der Waals surface area contributed by atoms with Crippen LogP contribution >= 0.6 is 11.6 Å². The Morgan fingerprint density at radius 2 is 2.09 bits per heavy atom. The standard InChI is InChI=1S/C15H17ClN4O2/c1-17-14(21)11-5-3-4-10(8-11)6-7-18-15(22)12-9-20(2)19-13(12)16/h3-5,8-9H,6-7H2,1-2H3,(H,17,21)(H,18,22). The van der Waals surface area contributed by atoms with Crippen LogP contribution in [0.25, 0.3) is 0 Å². The van der Waals surface area contributed by atoms with Gasteiger partial charge in [0.05, 0.1) is 5.56 Å². The maximum absolute atomic E-state index is 12.0. The van der Waals surface area contributed by atoms with Crippen LogP contribution in [0.4, 0.5) is 0 Å². The number of rotatable bonds is 5. The van der Waals surface area contributed by atoms with Crippen LogP contribution in [0.1, 0.15) is 26.3 Å². The van der Waals surface area contributed by atoms with Crippen LogP contribution in [-0.4, -0.2) is 35.2 Å². The van der Waals surface area contributed by atoms with Crippen LogP contribution in [0, 0.1) is 0 Å². The topological polar surface area (TPSA) is 76.0 Å². The minimum Gasteiger partial charge on any atom is -0.355 e. The van der Waals surface area contributed by atoms with Crippen molar-refractivity contribution in [3.05, 3.63) is 52.3 Å². The normalized spacial score (nSPS) is 10.3. The molecule has 0 spiro atoms. The number of aromatic nitrogens is 2. The fourth-order valence-electron chi connectivity index (χ4n) is 2.04. The molecular weight excluding hydrogens is 304 g/mol. The first kappa shape index (κ1) is 16.0. The van der Waals surface area contributed by atoms with Crippen molar-refractivity contribution in [1.82, 2.24) is 20.4 Å². The van der Waals surface area contributed by atoms with Crippen molar-refractivity contribution in [3.8, 4) is 0 Å². The molecule has 0 fully saturated rings. The number of nitrogens with zero attached hydrogens (tertiary/aromatic N) is 2. The van der Waals surface area contributed by atoms with Gasteiger partial charge >= 0.3 is 0 Å². The van der Waals surface area contributed by atoms with E-state index >= 15 is 0 Å². The van der Waals surface area contributed by atoms with E-state index in [1.807, 2.05) is 18.2 Å². The fraction of sp³-hybridized carbons (Fsp3) is 0.267. The molecule has 0 radical (unpaired) electrons. The minimum atomic E-state index is -0.263. The number of carbonyl (C=O) groups is 2. The lowest BCUT2D eigenvalue weighted by molar-refractivity contribution is 0.0948. The summed E-state index contributed by atoms with van der Waals surface area (Å²) in [6, 6.07) is 7.29. The third kappa shape index (κ3) is 3.85. The van der Waals surface area contributed by atoms with Gasteiger partial charge in [0, 0.05) is 32.4 Å². The molecule has 0 aliphatic rings. The Morgan fingerprint density at radius 1 is 1.32 bits per heavy atom. The summed E-state index contributed by atoms with van der Waals surface area (Å²) in [5.74, 6) is -0.395. The monoisotopic (exact) mass is 320 g/mol. The number of aryl methyl sites for hydroxylation is 1. The van der Waals surface area contributed by atoms with Gasteiger partial charge in [-0.2, -0.15) is 5.10 Å². The van der Waals surface area contributed by atoms with Gasteiger partial charge in [-0.05, 0) is 24.1 Å². The molecule has 1 heterocycles. The zero-order valence-electron chi connectivity index (χ0n) is 12.4. The van der Waals surface area contributed by atoms with Gasteiger partial charge in [-0.15, -0.1) is 0 Å². The molecule has 22 heavy (non-hydrogen) atoms. The maximum atomic E-state index is 12.0. The number of benzene rings is 1. The van der Waals surface area contributed by atoms with Gasteiger partial charge in [0.15, 0.2) is 5.15 Å². The maximum Gasteiger partial charge on any atom is 0.256 e. The quantitative estimate of drug-likeness (QED) is 0.874. The number of carbonyl (C=O) groups excluding carboxylic acids is 2. The molecule has 6 nitrogen and oxygen atoms in total. The summed E-state index contributed by atoms with van der Waals surface area (Å²) in [6.07, 6.45) is 2.19. The van der Waals surface area contributed by atoms with Gasteiger partial charge in [0.25, 0.3) is 11.8 Å². The molecule has 2 aromatic rings. The number of nitrogens with one attached hydrogen (secondary N) is 2. The van der Waals surface area contributed by atoms with Crippen molar-refractivity contribution in [2.45, 2.75) is 6.42 Å².